The fourth-order valence-corrected chi connectivity index (χ4v) is 3.72. The lowest BCUT2D eigenvalue weighted by Crippen LogP contribution is -2.49. The van der Waals surface area contributed by atoms with Gasteiger partial charge in [-0.1, -0.05) is 0 Å². The van der Waals surface area contributed by atoms with Crippen LogP contribution in [0.25, 0.3) is 0 Å². The van der Waals surface area contributed by atoms with Crippen LogP contribution in [-0.2, 0) is 11.2 Å². The van der Waals surface area contributed by atoms with E-state index in [1.54, 1.807) is 6.07 Å². The molecule has 0 spiro atoms. The highest BCUT2D eigenvalue weighted by Gasteiger charge is 2.58. The van der Waals surface area contributed by atoms with Crippen LogP contribution < -0.4 is 10.1 Å². The van der Waals surface area contributed by atoms with Gasteiger partial charge in [-0.25, -0.2) is 4.39 Å². The summed E-state index contributed by atoms with van der Waals surface area (Å²) in [5.41, 5.74) is 0.734. The second kappa shape index (κ2) is 8.41. The molecule has 1 amide bonds. The number of nitrogens with one attached hydrogen (secondary N) is 1. The van der Waals surface area contributed by atoms with Crippen molar-refractivity contribution in [3.05, 3.63) is 23.5 Å². The zero-order valence-corrected chi connectivity index (χ0v) is 15.6. The van der Waals surface area contributed by atoms with Gasteiger partial charge in [0.15, 0.2) is 5.82 Å². The Morgan fingerprint density at radius 2 is 1.83 bits per heavy atom. The fourth-order valence-electron chi connectivity index (χ4n) is 3.72. The van der Waals surface area contributed by atoms with Crippen molar-refractivity contribution in [1.82, 2.24) is 4.90 Å². The molecular weight excluding hydrogens is 402 g/mol. The van der Waals surface area contributed by atoms with Gasteiger partial charge < -0.3 is 10.1 Å². The second-order valence-corrected chi connectivity index (χ2v) is 7.58. The number of alkyl halides is 5. The fraction of sp³-hybridized carbons (Fsp3) is 0.632. The number of nitrogens with zero attached hydrogens (tertiary/aromatic N) is 1. The van der Waals surface area contributed by atoms with Gasteiger partial charge >= 0.3 is 12.1 Å². The maximum Gasteiger partial charge on any atom is 0.454 e. The van der Waals surface area contributed by atoms with Crippen LogP contribution in [0.5, 0.6) is 5.75 Å². The van der Waals surface area contributed by atoms with Gasteiger partial charge in [0.1, 0.15) is 5.75 Å². The van der Waals surface area contributed by atoms with E-state index in [-0.39, 0.29) is 37.0 Å². The first-order valence-electron chi connectivity index (χ1n) is 9.47. The molecule has 1 aromatic carbocycles. The Kier molecular flexibility index (Phi) is 6.30. The third-order valence-corrected chi connectivity index (χ3v) is 5.33. The molecule has 2 heterocycles. The quantitative estimate of drug-likeness (QED) is 0.522. The van der Waals surface area contributed by atoms with Crippen LogP contribution in [-0.4, -0.2) is 49.1 Å². The van der Waals surface area contributed by atoms with Gasteiger partial charge in [-0.2, -0.15) is 22.0 Å². The Labute approximate surface area is 164 Å². The van der Waals surface area contributed by atoms with Crippen molar-refractivity contribution >= 4 is 11.6 Å². The number of halogens is 6. The molecule has 3 rings (SSSR count). The van der Waals surface area contributed by atoms with E-state index >= 15 is 0 Å². The number of ether oxygens (including phenoxy) is 1. The minimum Gasteiger partial charge on any atom is -0.493 e. The number of hydrogen-bond acceptors (Lipinski definition) is 3. The summed E-state index contributed by atoms with van der Waals surface area (Å²) in [4.78, 5) is 12.5. The van der Waals surface area contributed by atoms with Crippen molar-refractivity contribution in [2.45, 2.75) is 44.2 Å². The van der Waals surface area contributed by atoms with Crippen molar-refractivity contribution in [2.75, 3.05) is 31.6 Å². The van der Waals surface area contributed by atoms with Crippen LogP contribution in [0, 0.1) is 11.7 Å². The minimum atomic E-state index is -5.53. The van der Waals surface area contributed by atoms with Crippen molar-refractivity contribution in [3.63, 3.8) is 0 Å². The van der Waals surface area contributed by atoms with Gasteiger partial charge in [0.2, 0.25) is 5.91 Å². The molecule has 0 aromatic heterocycles. The minimum absolute atomic E-state index is 0.107. The van der Waals surface area contributed by atoms with Crippen LogP contribution in [0.4, 0.5) is 32.0 Å². The molecule has 29 heavy (non-hydrogen) atoms. The molecule has 0 saturated carbocycles. The van der Waals surface area contributed by atoms with Crippen molar-refractivity contribution in [1.29, 1.82) is 0 Å². The van der Waals surface area contributed by atoms with Crippen LogP contribution in [0.15, 0.2) is 12.1 Å². The summed E-state index contributed by atoms with van der Waals surface area (Å²) < 4.78 is 82.6. The number of carbonyl (C=O) groups is 1. The molecule has 2 aliphatic rings. The predicted molar refractivity (Wildman–Crippen MR) is 93.6 cm³/mol. The number of benzene rings is 1. The van der Waals surface area contributed by atoms with E-state index in [1.165, 1.54) is 6.07 Å². The number of rotatable bonds is 7. The smallest absolute Gasteiger partial charge is 0.454 e. The zero-order chi connectivity index (χ0) is 21.2. The number of hydrogen-bond donors (Lipinski definition) is 1. The average molecular weight is 424 g/mol. The van der Waals surface area contributed by atoms with E-state index in [2.05, 4.69) is 5.32 Å². The lowest BCUT2D eigenvalue weighted by Gasteiger charge is -2.34. The molecule has 10 heteroatoms. The van der Waals surface area contributed by atoms with Crippen LogP contribution in [0.3, 0.4) is 0 Å². The third-order valence-electron chi connectivity index (χ3n) is 5.33. The first kappa shape index (κ1) is 21.7. The number of likely N-dealkylation sites (tertiary alicyclic amines) is 1. The highest BCUT2D eigenvalue weighted by molar-refractivity contribution is 5.99. The first-order chi connectivity index (χ1) is 13.5. The lowest BCUT2D eigenvalue weighted by molar-refractivity contribution is -0.287. The summed E-state index contributed by atoms with van der Waals surface area (Å²) in [5, 5.41) is 2.45. The Morgan fingerprint density at radius 1 is 1.14 bits per heavy atom. The maximum atomic E-state index is 13.9. The van der Waals surface area contributed by atoms with Gasteiger partial charge in [-0.15, -0.1) is 0 Å². The van der Waals surface area contributed by atoms with Crippen molar-refractivity contribution in [2.24, 2.45) is 5.92 Å². The molecule has 2 aliphatic heterocycles. The van der Waals surface area contributed by atoms with E-state index in [4.69, 9.17) is 4.74 Å². The van der Waals surface area contributed by atoms with E-state index in [9.17, 15) is 31.1 Å². The number of fused-ring (bicyclic) bond motifs is 1. The molecule has 1 aromatic rings. The molecule has 0 aliphatic carbocycles. The van der Waals surface area contributed by atoms with Gasteiger partial charge in [-0.3, -0.25) is 9.69 Å². The molecule has 0 bridgehead atoms. The lowest BCUT2D eigenvalue weighted by atomic mass is 9.92. The van der Waals surface area contributed by atoms with Crippen LogP contribution >= 0.6 is 0 Å². The van der Waals surface area contributed by atoms with Gasteiger partial charge in [0.25, 0.3) is 0 Å². The number of carbonyl (C=O) groups excluding carboxylic acids is 1. The first-order valence-corrected chi connectivity index (χ1v) is 9.47. The van der Waals surface area contributed by atoms with E-state index in [1.807, 2.05) is 0 Å². The predicted octanol–water partition coefficient (Wildman–Crippen LogP) is 4.39. The highest BCUT2D eigenvalue weighted by Crippen LogP contribution is 2.37. The maximum absolute atomic E-state index is 13.9. The molecule has 0 radical (unpaired) electrons. The molecule has 1 N–H and O–H groups in total. The van der Waals surface area contributed by atoms with Crippen LogP contribution in [0.1, 0.15) is 31.2 Å². The Bertz CT molecular complexity index is 745. The third kappa shape index (κ3) is 5.34. The topological polar surface area (TPSA) is 41.6 Å². The van der Waals surface area contributed by atoms with Gasteiger partial charge in [0.05, 0.1) is 25.3 Å². The number of amides is 1. The van der Waals surface area contributed by atoms with E-state index in [0.717, 1.165) is 11.3 Å². The molecule has 0 atom stereocenters. The van der Waals surface area contributed by atoms with Gasteiger partial charge in [-0.05, 0) is 56.3 Å². The summed E-state index contributed by atoms with van der Waals surface area (Å²) in [6.45, 7) is -0.567. The summed E-state index contributed by atoms with van der Waals surface area (Å²) in [6.07, 6.45) is -2.92. The Balaban J connectivity index is 1.37. The molecule has 4 nitrogen and oxygen atoms in total. The largest absolute Gasteiger partial charge is 0.493 e. The van der Waals surface area contributed by atoms with E-state index < -0.39 is 24.5 Å². The standard InChI is InChI=1S/C19H22F6N2O2/c20-15-10-14(8-13-9-16(28)26-17(13)15)29-7-1-2-12-3-5-27(6-4-12)11-18(21,22)19(23,24)25/h8,10,12H,1-7,9,11H2,(H,26,28). The molecule has 0 unspecified atom stereocenters. The Hall–Kier alpha value is -1.97. The number of anilines is 1. The summed E-state index contributed by atoms with van der Waals surface area (Å²) >= 11 is 0. The average Bonchev–Trinajstić information content (AvgIpc) is 3.00. The molecule has 1 saturated heterocycles. The molecule has 162 valence electrons. The normalized spacial score (nSPS) is 18.6. The monoisotopic (exact) mass is 424 g/mol. The second-order valence-electron chi connectivity index (χ2n) is 7.58. The Morgan fingerprint density at radius 3 is 2.48 bits per heavy atom. The highest BCUT2D eigenvalue weighted by atomic mass is 19.4. The van der Waals surface area contributed by atoms with Crippen LogP contribution in [0.2, 0.25) is 0 Å². The van der Waals surface area contributed by atoms with Gasteiger partial charge in [0, 0.05) is 6.07 Å². The van der Waals surface area contributed by atoms with E-state index in [0.29, 0.717) is 37.2 Å². The van der Waals surface area contributed by atoms with Crippen molar-refractivity contribution < 1.29 is 35.9 Å². The molecule has 1 fully saturated rings. The summed E-state index contributed by atoms with van der Waals surface area (Å²) in [5.74, 6) is -4.95. The number of piperidine rings is 1. The van der Waals surface area contributed by atoms with Crippen molar-refractivity contribution in [3.8, 4) is 5.75 Å². The molecular formula is C19H22F6N2O2. The SMILES string of the molecule is O=C1Cc2cc(OCCCC3CCN(CC(F)(F)C(F)(F)F)CC3)cc(F)c2N1. The summed E-state index contributed by atoms with van der Waals surface area (Å²) in [7, 11) is 0. The zero-order valence-electron chi connectivity index (χ0n) is 15.6. The summed E-state index contributed by atoms with van der Waals surface area (Å²) in [6, 6.07) is 2.83.